The summed E-state index contributed by atoms with van der Waals surface area (Å²) in [5.41, 5.74) is 1.44. The van der Waals surface area contributed by atoms with E-state index in [-0.39, 0.29) is 0 Å². The van der Waals surface area contributed by atoms with Gasteiger partial charge in [0.15, 0.2) is 0 Å². The van der Waals surface area contributed by atoms with Crippen LogP contribution >= 0.6 is 0 Å². The van der Waals surface area contributed by atoms with Crippen molar-refractivity contribution in [2.24, 2.45) is 0 Å². The van der Waals surface area contributed by atoms with Crippen LogP contribution in [0.4, 0.5) is 0 Å². The Balaban J connectivity index is 1.94. The molecule has 0 bridgehead atoms. The lowest BCUT2D eigenvalue weighted by molar-refractivity contribution is 0.263. The molecule has 0 aromatic heterocycles. The SMILES string of the molecule is CC(c1ccc2c[c]ccc2c1)N1CCCC1. The fraction of sp³-hybridized carbons (Fsp3) is 0.375. The topological polar surface area (TPSA) is 3.24 Å². The highest BCUT2D eigenvalue weighted by Gasteiger charge is 2.19. The zero-order chi connectivity index (χ0) is 11.7. The lowest BCUT2D eigenvalue weighted by Gasteiger charge is -2.24. The summed E-state index contributed by atoms with van der Waals surface area (Å²) >= 11 is 0. The highest BCUT2D eigenvalue weighted by Crippen LogP contribution is 2.26. The number of likely N-dealkylation sites (tertiary alicyclic amines) is 1. The molecule has 0 spiro atoms. The normalized spacial score (nSPS) is 18.6. The molecule has 1 nitrogen and oxygen atoms in total. The largest absolute Gasteiger partial charge is 0.297 e. The number of benzene rings is 2. The first kappa shape index (κ1) is 10.8. The average molecular weight is 224 g/mol. The van der Waals surface area contributed by atoms with Gasteiger partial charge in [-0.05, 0) is 67.4 Å². The van der Waals surface area contributed by atoms with Crippen LogP contribution in [0.3, 0.4) is 0 Å². The van der Waals surface area contributed by atoms with E-state index in [0.717, 1.165) is 0 Å². The van der Waals surface area contributed by atoms with Crippen LogP contribution in [0.15, 0.2) is 36.4 Å². The number of nitrogens with zero attached hydrogens (tertiary/aromatic N) is 1. The van der Waals surface area contributed by atoms with Crippen molar-refractivity contribution in [1.29, 1.82) is 0 Å². The Morgan fingerprint density at radius 1 is 1.12 bits per heavy atom. The minimum Gasteiger partial charge on any atom is -0.297 e. The van der Waals surface area contributed by atoms with Crippen LogP contribution < -0.4 is 0 Å². The van der Waals surface area contributed by atoms with Gasteiger partial charge >= 0.3 is 0 Å². The summed E-state index contributed by atoms with van der Waals surface area (Å²) in [5.74, 6) is 0. The molecule has 3 rings (SSSR count). The Kier molecular flexibility index (Phi) is 2.86. The van der Waals surface area contributed by atoms with E-state index < -0.39 is 0 Å². The van der Waals surface area contributed by atoms with Crippen LogP contribution in [-0.2, 0) is 0 Å². The molecule has 1 heteroatoms. The molecule has 2 aromatic rings. The Labute approximate surface area is 103 Å². The summed E-state index contributed by atoms with van der Waals surface area (Å²) < 4.78 is 0. The number of hydrogen-bond acceptors (Lipinski definition) is 1. The van der Waals surface area contributed by atoms with Gasteiger partial charge in [-0.1, -0.05) is 24.3 Å². The molecule has 2 aromatic carbocycles. The molecule has 0 aliphatic carbocycles. The number of rotatable bonds is 2. The molecule has 1 fully saturated rings. The monoisotopic (exact) mass is 224 g/mol. The summed E-state index contributed by atoms with van der Waals surface area (Å²) in [6.07, 6.45) is 2.71. The third kappa shape index (κ3) is 2.07. The highest BCUT2D eigenvalue weighted by molar-refractivity contribution is 5.82. The Morgan fingerprint density at radius 3 is 2.76 bits per heavy atom. The smallest absolute Gasteiger partial charge is 0.0320 e. The predicted octanol–water partition coefficient (Wildman–Crippen LogP) is 3.80. The van der Waals surface area contributed by atoms with Crippen molar-refractivity contribution in [1.82, 2.24) is 4.90 Å². The van der Waals surface area contributed by atoms with Crippen molar-refractivity contribution < 1.29 is 0 Å². The minimum absolute atomic E-state index is 0.547. The molecule has 0 saturated carbocycles. The molecule has 1 heterocycles. The van der Waals surface area contributed by atoms with E-state index in [1.807, 2.05) is 6.07 Å². The van der Waals surface area contributed by atoms with Crippen LogP contribution in [0.2, 0.25) is 0 Å². The van der Waals surface area contributed by atoms with Crippen molar-refractivity contribution in [2.45, 2.75) is 25.8 Å². The Morgan fingerprint density at radius 2 is 1.94 bits per heavy atom. The Bertz CT molecular complexity index is 512. The lowest BCUT2D eigenvalue weighted by atomic mass is 10.0. The summed E-state index contributed by atoms with van der Waals surface area (Å²) in [4.78, 5) is 2.58. The van der Waals surface area contributed by atoms with Gasteiger partial charge in [-0.25, -0.2) is 0 Å². The maximum atomic E-state index is 3.13. The first-order chi connectivity index (χ1) is 8.34. The van der Waals surface area contributed by atoms with E-state index in [1.54, 1.807) is 0 Å². The van der Waals surface area contributed by atoms with Crippen LogP contribution in [0.5, 0.6) is 0 Å². The van der Waals surface area contributed by atoms with E-state index in [2.05, 4.69) is 48.2 Å². The van der Waals surface area contributed by atoms with Gasteiger partial charge in [0, 0.05) is 6.04 Å². The molecule has 17 heavy (non-hydrogen) atoms. The molecule has 0 amide bonds. The second-order valence-electron chi connectivity index (χ2n) is 4.95. The highest BCUT2D eigenvalue weighted by atomic mass is 15.2. The van der Waals surface area contributed by atoms with Gasteiger partial charge in [0.1, 0.15) is 0 Å². The predicted molar refractivity (Wildman–Crippen MR) is 72.0 cm³/mol. The standard InChI is InChI=1S/C16H18N/c1-13(17-10-4-5-11-17)15-9-8-14-6-2-3-7-16(14)12-15/h3,6-9,12-13H,4-5,10-11H2,1H3. The first-order valence-corrected chi connectivity index (χ1v) is 6.48. The van der Waals surface area contributed by atoms with E-state index >= 15 is 0 Å². The maximum absolute atomic E-state index is 3.13. The average Bonchev–Trinajstić information content (AvgIpc) is 2.91. The molecular weight excluding hydrogens is 206 g/mol. The molecule has 1 atom stereocenters. The second-order valence-corrected chi connectivity index (χ2v) is 4.95. The van der Waals surface area contributed by atoms with Crippen molar-refractivity contribution in [2.75, 3.05) is 13.1 Å². The fourth-order valence-electron chi connectivity index (χ4n) is 2.74. The second kappa shape index (κ2) is 4.50. The van der Waals surface area contributed by atoms with Gasteiger partial charge in [-0.3, -0.25) is 4.90 Å². The van der Waals surface area contributed by atoms with Crippen LogP contribution in [0, 0.1) is 6.07 Å². The quantitative estimate of drug-likeness (QED) is 0.750. The number of hydrogen-bond donors (Lipinski definition) is 0. The van der Waals surface area contributed by atoms with E-state index in [9.17, 15) is 0 Å². The van der Waals surface area contributed by atoms with Gasteiger partial charge in [-0.2, -0.15) is 0 Å². The van der Waals surface area contributed by atoms with E-state index in [4.69, 9.17) is 0 Å². The van der Waals surface area contributed by atoms with Gasteiger partial charge < -0.3 is 0 Å². The summed E-state index contributed by atoms with van der Waals surface area (Å²) in [7, 11) is 0. The van der Waals surface area contributed by atoms with Crippen molar-refractivity contribution in [3.8, 4) is 0 Å². The summed E-state index contributed by atoms with van der Waals surface area (Å²) in [6, 6.07) is 16.7. The third-order valence-electron chi connectivity index (χ3n) is 3.88. The number of fused-ring (bicyclic) bond motifs is 1. The molecule has 1 aliphatic rings. The molecule has 0 N–H and O–H groups in total. The molecular formula is C16H18N. The van der Waals surface area contributed by atoms with Gasteiger partial charge in [0.05, 0.1) is 0 Å². The first-order valence-electron chi connectivity index (χ1n) is 6.48. The van der Waals surface area contributed by atoms with Crippen LogP contribution in [0.25, 0.3) is 10.8 Å². The lowest BCUT2D eigenvalue weighted by Crippen LogP contribution is -2.23. The Hall–Kier alpha value is -1.34. The van der Waals surface area contributed by atoms with Crippen LogP contribution in [0.1, 0.15) is 31.4 Å². The molecule has 1 aliphatic heterocycles. The van der Waals surface area contributed by atoms with Crippen LogP contribution in [-0.4, -0.2) is 18.0 Å². The van der Waals surface area contributed by atoms with E-state index in [0.29, 0.717) is 6.04 Å². The summed E-state index contributed by atoms with van der Waals surface area (Å²) in [5, 5.41) is 2.61. The minimum atomic E-state index is 0.547. The molecule has 1 unspecified atom stereocenters. The van der Waals surface area contributed by atoms with Gasteiger partial charge in [0.2, 0.25) is 0 Å². The molecule has 1 saturated heterocycles. The van der Waals surface area contributed by atoms with Crippen molar-refractivity contribution >= 4 is 10.8 Å². The van der Waals surface area contributed by atoms with Crippen molar-refractivity contribution in [3.05, 3.63) is 48.0 Å². The maximum Gasteiger partial charge on any atom is 0.0320 e. The van der Waals surface area contributed by atoms with E-state index in [1.165, 1.54) is 42.3 Å². The van der Waals surface area contributed by atoms with Gasteiger partial charge in [0.25, 0.3) is 0 Å². The molecule has 1 radical (unpaired) electrons. The molecule has 87 valence electrons. The zero-order valence-electron chi connectivity index (χ0n) is 10.3. The summed E-state index contributed by atoms with van der Waals surface area (Å²) in [6.45, 7) is 4.82. The zero-order valence-corrected chi connectivity index (χ0v) is 10.3. The third-order valence-corrected chi connectivity index (χ3v) is 3.88. The van der Waals surface area contributed by atoms with Crippen molar-refractivity contribution in [3.63, 3.8) is 0 Å². The fourth-order valence-corrected chi connectivity index (χ4v) is 2.74. The van der Waals surface area contributed by atoms with Gasteiger partial charge in [-0.15, -0.1) is 0 Å².